The Morgan fingerprint density at radius 1 is 1.30 bits per heavy atom. The minimum absolute atomic E-state index is 0.0385. The third-order valence-electron chi connectivity index (χ3n) is 2.82. The first-order valence-electron chi connectivity index (χ1n) is 6.11. The third-order valence-corrected chi connectivity index (χ3v) is 2.82. The molecule has 0 aromatic rings. The molecule has 0 bridgehead atoms. The van der Waals surface area contributed by atoms with Crippen molar-refractivity contribution in [1.29, 1.82) is 0 Å². The van der Waals surface area contributed by atoms with E-state index in [-0.39, 0.29) is 32.9 Å². The van der Waals surface area contributed by atoms with Crippen LogP contribution in [0.1, 0.15) is 13.8 Å². The molecule has 0 aromatic carbocycles. The van der Waals surface area contributed by atoms with Crippen LogP contribution in [0.2, 0.25) is 0 Å². The molecule has 0 aromatic heterocycles. The number of nitrogens with zero attached hydrogens (tertiary/aromatic N) is 1. The fraction of sp³-hybridized carbons (Fsp3) is 0.818. The van der Waals surface area contributed by atoms with Crippen LogP contribution in [0, 0.1) is 0 Å². The molecule has 9 heteroatoms. The fourth-order valence-corrected chi connectivity index (χ4v) is 2.01. The molecule has 20 heavy (non-hydrogen) atoms. The molecule has 0 unspecified atom stereocenters. The maximum Gasteiger partial charge on any atom is 0.436 e. The number of morpholine rings is 1. The van der Waals surface area contributed by atoms with Crippen molar-refractivity contribution >= 4 is 11.9 Å². The normalized spacial score (nSPS) is 20.1. The Bertz CT molecular complexity index is 369. The smallest absolute Gasteiger partial charge is 0.436 e. The summed E-state index contributed by atoms with van der Waals surface area (Å²) in [7, 11) is 0. The average Bonchev–Trinajstić information content (AvgIpc) is 2.35. The van der Waals surface area contributed by atoms with Crippen LogP contribution in [0.4, 0.5) is 13.2 Å². The van der Waals surface area contributed by atoms with E-state index in [1.165, 1.54) is 6.92 Å². The van der Waals surface area contributed by atoms with Crippen molar-refractivity contribution in [3.63, 3.8) is 0 Å². The molecule has 6 nitrogen and oxygen atoms in total. The van der Waals surface area contributed by atoms with E-state index in [1.807, 2.05) is 0 Å². The molecule has 1 aliphatic heterocycles. The number of halogens is 3. The lowest BCUT2D eigenvalue weighted by Gasteiger charge is -2.43. The monoisotopic (exact) mass is 298 g/mol. The minimum atomic E-state index is -5.01. The van der Waals surface area contributed by atoms with Crippen LogP contribution in [0.5, 0.6) is 0 Å². The van der Waals surface area contributed by atoms with E-state index in [9.17, 15) is 22.8 Å². The number of hydrogen-bond acceptors (Lipinski definition) is 5. The quantitative estimate of drug-likeness (QED) is 0.755. The molecule has 1 heterocycles. The molecule has 1 aliphatic rings. The van der Waals surface area contributed by atoms with E-state index in [0.29, 0.717) is 0 Å². The van der Waals surface area contributed by atoms with Gasteiger partial charge in [-0.25, -0.2) is 4.79 Å². The summed E-state index contributed by atoms with van der Waals surface area (Å²) in [5.74, 6) is -2.51. The molecule has 1 fully saturated rings. The number of esters is 1. The zero-order valence-electron chi connectivity index (χ0n) is 11.2. The number of nitrogens with one attached hydrogen (secondary N) is 1. The highest BCUT2D eigenvalue weighted by molar-refractivity contribution is 5.87. The van der Waals surface area contributed by atoms with Gasteiger partial charge in [0.15, 0.2) is 0 Å². The van der Waals surface area contributed by atoms with Gasteiger partial charge in [-0.3, -0.25) is 9.69 Å². The number of carbonyl (C=O) groups is 2. The highest BCUT2D eigenvalue weighted by Gasteiger charge is 2.66. The molecule has 0 saturated carbocycles. The summed E-state index contributed by atoms with van der Waals surface area (Å²) in [4.78, 5) is 23.9. The predicted molar refractivity (Wildman–Crippen MR) is 61.6 cm³/mol. The first kappa shape index (κ1) is 16.7. The number of hydrogen-bond donors (Lipinski definition) is 1. The second-order valence-electron chi connectivity index (χ2n) is 4.21. The number of alkyl halides is 3. The van der Waals surface area contributed by atoms with Crippen molar-refractivity contribution in [1.82, 2.24) is 10.2 Å². The molecule has 1 N–H and O–H groups in total. The maximum absolute atomic E-state index is 13.5. The van der Waals surface area contributed by atoms with E-state index in [0.717, 1.165) is 11.8 Å². The molecule has 0 spiro atoms. The molecule has 1 rings (SSSR count). The Kier molecular flexibility index (Phi) is 5.35. The maximum atomic E-state index is 13.5. The van der Waals surface area contributed by atoms with Crippen molar-refractivity contribution in [2.24, 2.45) is 0 Å². The van der Waals surface area contributed by atoms with Crippen LogP contribution >= 0.6 is 0 Å². The van der Waals surface area contributed by atoms with Crippen molar-refractivity contribution in [2.75, 3.05) is 32.9 Å². The Labute approximate surface area is 114 Å². The SMILES string of the molecule is CCOC(=O)[C@@](NC(C)=O)(N1CCOCC1)C(F)(F)F. The van der Waals surface area contributed by atoms with Gasteiger partial charge < -0.3 is 14.8 Å². The summed E-state index contributed by atoms with van der Waals surface area (Å²) in [5, 5.41) is 1.72. The van der Waals surface area contributed by atoms with Gasteiger partial charge in [-0.05, 0) is 6.92 Å². The third kappa shape index (κ3) is 3.21. The highest BCUT2D eigenvalue weighted by Crippen LogP contribution is 2.35. The second-order valence-corrected chi connectivity index (χ2v) is 4.21. The lowest BCUT2D eigenvalue weighted by atomic mass is 10.1. The van der Waals surface area contributed by atoms with Crippen molar-refractivity contribution in [2.45, 2.75) is 25.7 Å². The summed E-state index contributed by atoms with van der Waals surface area (Å²) >= 11 is 0. The van der Waals surface area contributed by atoms with Gasteiger partial charge in [0.2, 0.25) is 5.91 Å². The lowest BCUT2D eigenvalue weighted by Crippen LogP contribution is -2.74. The van der Waals surface area contributed by atoms with Crippen LogP contribution in [-0.4, -0.2) is 61.5 Å². The van der Waals surface area contributed by atoms with Gasteiger partial charge in [0.25, 0.3) is 5.66 Å². The van der Waals surface area contributed by atoms with E-state index in [4.69, 9.17) is 4.74 Å². The number of rotatable bonds is 4. The summed E-state index contributed by atoms with van der Waals surface area (Å²) in [6, 6.07) is 0. The fourth-order valence-electron chi connectivity index (χ4n) is 2.01. The second kappa shape index (κ2) is 6.40. The van der Waals surface area contributed by atoms with E-state index >= 15 is 0 Å². The summed E-state index contributed by atoms with van der Waals surface area (Å²) in [6.45, 7) is 1.89. The largest absolute Gasteiger partial charge is 0.463 e. The molecule has 1 atom stereocenters. The Morgan fingerprint density at radius 3 is 2.25 bits per heavy atom. The molecule has 1 amide bonds. The predicted octanol–water partition coefficient (Wildman–Crippen LogP) is 0.276. The van der Waals surface area contributed by atoms with E-state index in [1.54, 1.807) is 5.32 Å². The van der Waals surface area contributed by atoms with Gasteiger partial charge in [0, 0.05) is 20.0 Å². The van der Waals surface area contributed by atoms with Gasteiger partial charge in [-0.1, -0.05) is 0 Å². The summed E-state index contributed by atoms with van der Waals surface area (Å²) in [5.41, 5.74) is -3.17. The van der Waals surface area contributed by atoms with Crippen LogP contribution in [0.15, 0.2) is 0 Å². The Hall–Kier alpha value is -1.35. The average molecular weight is 298 g/mol. The van der Waals surface area contributed by atoms with E-state index < -0.39 is 23.7 Å². The molecule has 116 valence electrons. The van der Waals surface area contributed by atoms with Crippen LogP contribution in [-0.2, 0) is 19.1 Å². The Balaban J connectivity index is 3.23. The summed E-state index contributed by atoms with van der Waals surface area (Å²) in [6.07, 6.45) is -5.01. The molecular formula is C11H17F3N2O4. The van der Waals surface area contributed by atoms with Crippen molar-refractivity contribution in [3.8, 4) is 0 Å². The topological polar surface area (TPSA) is 67.9 Å². The van der Waals surface area contributed by atoms with Gasteiger partial charge in [-0.2, -0.15) is 13.2 Å². The van der Waals surface area contributed by atoms with Gasteiger partial charge in [0.05, 0.1) is 19.8 Å². The van der Waals surface area contributed by atoms with Crippen LogP contribution in [0.25, 0.3) is 0 Å². The zero-order valence-corrected chi connectivity index (χ0v) is 11.2. The molecular weight excluding hydrogens is 281 g/mol. The van der Waals surface area contributed by atoms with Crippen molar-refractivity contribution in [3.05, 3.63) is 0 Å². The minimum Gasteiger partial charge on any atom is -0.463 e. The highest BCUT2D eigenvalue weighted by atomic mass is 19.4. The number of carbonyl (C=O) groups excluding carboxylic acids is 2. The van der Waals surface area contributed by atoms with Crippen LogP contribution < -0.4 is 5.32 Å². The van der Waals surface area contributed by atoms with Gasteiger partial charge >= 0.3 is 12.1 Å². The molecule has 1 saturated heterocycles. The van der Waals surface area contributed by atoms with E-state index in [2.05, 4.69) is 4.74 Å². The standard InChI is InChI=1S/C11H17F3N2O4/c1-3-20-9(18)10(11(12,13)14,15-8(2)17)16-4-6-19-7-5-16/h3-7H2,1-2H3,(H,15,17)/t10-/m1/s1. The zero-order chi connectivity index (χ0) is 15.4. The molecule has 0 radical (unpaired) electrons. The Morgan fingerprint density at radius 2 is 1.85 bits per heavy atom. The lowest BCUT2D eigenvalue weighted by molar-refractivity contribution is -0.255. The first-order chi connectivity index (χ1) is 9.25. The summed E-state index contributed by atoms with van der Waals surface area (Å²) < 4.78 is 50.0. The van der Waals surface area contributed by atoms with Gasteiger partial charge in [0.1, 0.15) is 0 Å². The van der Waals surface area contributed by atoms with Gasteiger partial charge in [-0.15, -0.1) is 0 Å². The van der Waals surface area contributed by atoms with Crippen LogP contribution in [0.3, 0.4) is 0 Å². The first-order valence-corrected chi connectivity index (χ1v) is 6.11. The van der Waals surface area contributed by atoms with Crippen molar-refractivity contribution < 1.29 is 32.2 Å². The molecule has 0 aliphatic carbocycles. The number of amides is 1. The number of ether oxygens (including phenoxy) is 2.